The van der Waals surface area contributed by atoms with Gasteiger partial charge in [0.1, 0.15) is 12.0 Å². The van der Waals surface area contributed by atoms with Crippen LogP contribution in [0.4, 0.5) is 36.2 Å². The number of benzene rings is 2. The van der Waals surface area contributed by atoms with Crippen LogP contribution in [0.15, 0.2) is 42.7 Å². The topological polar surface area (TPSA) is 94.3 Å². The van der Waals surface area contributed by atoms with Crippen LogP contribution in [0.2, 0.25) is 5.02 Å². The molecule has 3 rings (SSSR count). The van der Waals surface area contributed by atoms with Crippen molar-refractivity contribution in [2.24, 2.45) is 0 Å². The van der Waals surface area contributed by atoms with Crippen molar-refractivity contribution in [1.29, 1.82) is 0 Å². The van der Waals surface area contributed by atoms with E-state index in [0.29, 0.717) is 30.3 Å². The molecule has 11 heteroatoms. The van der Waals surface area contributed by atoms with Gasteiger partial charge in [-0.25, -0.2) is 9.97 Å². The minimum absolute atomic E-state index is 0.142. The number of halogens is 4. The number of ether oxygens (including phenoxy) is 2. The molecule has 0 aliphatic rings. The van der Waals surface area contributed by atoms with Crippen LogP contribution in [0.3, 0.4) is 0 Å². The van der Waals surface area contributed by atoms with E-state index in [-0.39, 0.29) is 17.2 Å². The van der Waals surface area contributed by atoms with Gasteiger partial charge in [-0.2, -0.15) is 13.2 Å². The Bertz CT molecular complexity index is 1100. The number of rotatable bonds is 8. The monoisotopic (exact) mass is 467 g/mol. The number of hydrogen-bond donors (Lipinski definition) is 3. The average molecular weight is 468 g/mol. The third kappa shape index (κ3) is 5.44. The first kappa shape index (κ1) is 23.3. The van der Waals surface area contributed by atoms with Crippen molar-refractivity contribution in [1.82, 2.24) is 9.97 Å². The number of nitrogens with two attached hydrogens (primary N) is 1. The molecule has 0 radical (unpaired) electrons. The summed E-state index contributed by atoms with van der Waals surface area (Å²) in [7, 11) is 3.13. The highest BCUT2D eigenvalue weighted by atomic mass is 35.5. The molecule has 32 heavy (non-hydrogen) atoms. The molecule has 1 heterocycles. The lowest BCUT2D eigenvalue weighted by Crippen LogP contribution is -2.11. The zero-order chi connectivity index (χ0) is 23.3. The van der Waals surface area contributed by atoms with Crippen molar-refractivity contribution in [3.63, 3.8) is 0 Å². The summed E-state index contributed by atoms with van der Waals surface area (Å²) in [4.78, 5) is 8.14. The van der Waals surface area contributed by atoms with Crippen LogP contribution in [0.5, 0.6) is 11.5 Å². The van der Waals surface area contributed by atoms with Gasteiger partial charge < -0.3 is 25.8 Å². The van der Waals surface area contributed by atoms with Gasteiger partial charge in [0, 0.05) is 12.2 Å². The Morgan fingerprint density at radius 2 is 1.72 bits per heavy atom. The zero-order valence-corrected chi connectivity index (χ0v) is 18.0. The molecule has 3 aromatic rings. The first-order chi connectivity index (χ1) is 15.2. The minimum atomic E-state index is -4.58. The lowest BCUT2D eigenvalue weighted by Gasteiger charge is -2.15. The van der Waals surface area contributed by atoms with Crippen LogP contribution in [-0.2, 0) is 12.6 Å². The van der Waals surface area contributed by atoms with Gasteiger partial charge in [-0.1, -0.05) is 17.7 Å². The number of nitrogens with one attached hydrogen (secondary N) is 2. The summed E-state index contributed by atoms with van der Waals surface area (Å²) in [5.41, 5.74) is 6.47. The van der Waals surface area contributed by atoms with E-state index in [1.54, 1.807) is 14.2 Å². The van der Waals surface area contributed by atoms with Crippen LogP contribution in [0.1, 0.15) is 11.1 Å². The SMILES string of the molecule is COc1ccc(CCNc2ncnc(Nc3ccc(Cl)c(C(F)(F)F)c3)c2N)cc1OC. The molecule has 7 nitrogen and oxygen atoms in total. The van der Waals surface area contributed by atoms with E-state index in [4.69, 9.17) is 26.8 Å². The Hall–Kier alpha value is -3.40. The molecule has 0 aliphatic heterocycles. The molecular weight excluding hydrogens is 447 g/mol. The number of alkyl halides is 3. The van der Waals surface area contributed by atoms with Crippen LogP contribution < -0.4 is 25.8 Å². The summed E-state index contributed by atoms with van der Waals surface area (Å²) in [6.45, 7) is 0.495. The second kappa shape index (κ2) is 9.82. The molecule has 0 amide bonds. The number of methoxy groups -OCH3 is 2. The average Bonchev–Trinajstić information content (AvgIpc) is 2.76. The third-order valence-corrected chi connectivity index (χ3v) is 4.90. The maximum atomic E-state index is 13.1. The summed E-state index contributed by atoms with van der Waals surface area (Å²) in [5, 5.41) is 5.50. The van der Waals surface area contributed by atoms with Gasteiger partial charge in [-0.3, -0.25) is 0 Å². The van der Waals surface area contributed by atoms with Gasteiger partial charge in [0.2, 0.25) is 0 Å². The quantitative estimate of drug-likeness (QED) is 0.422. The molecule has 4 N–H and O–H groups in total. The largest absolute Gasteiger partial charge is 0.493 e. The minimum Gasteiger partial charge on any atom is -0.493 e. The van der Waals surface area contributed by atoms with E-state index in [2.05, 4.69) is 20.6 Å². The third-order valence-electron chi connectivity index (χ3n) is 4.57. The lowest BCUT2D eigenvalue weighted by atomic mass is 10.1. The molecule has 0 saturated carbocycles. The molecule has 0 unspecified atom stereocenters. The fraction of sp³-hybridized carbons (Fsp3) is 0.238. The maximum absolute atomic E-state index is 13.1. The predicted octanol–water partition coefficient (Wildman–Crippen LogP) is 5.15. The van der Waals surface area contributed by atoms with E-state index in [1.165, 1.54) is 12.4 Å². The Labute approximate surface area is 187 Å². The number of hydrogen-bond acceptors (Lipinski definition) is 7. The molecule has 0 atom stereocenters. The first-order valence-corrected chi connectivity index (χ1v) is 9.79. The van der Waals surface area contributed by atoms with Crippen molar-refractivity contribution in [2.45, 2.75) is 12.6 Å². The van der Waals surface area contributed by atoms with E-state index in [9.17, 15) is 13.2 Å². The van der Waals surface area contributed by atoms with Crippen molar-refractivity contribution in [3.05, 3.63) is 58.9 Å². The fourth-order valence-corrected chi connectivity index (χ4v) is 3.18. The Kier molecular flexibility index (Phi) is 7.14. The Morgan fingerprint density at radius 1 is 1.00 bits per heavy atom. The molecule has 0 aliphatic carbocycles. The molecule has 2 aromatic carbocycles. The van der Waals surface area contributed by atoms with E-state index < -0.39 is 16.8 Å². The van der Waals surface area contributed by atoms with E-state index in [1.807, 2.05) is 18.2 Å². The molecule has 0 spiro atoms. The van der Waals surface area contributed by atoms with Crippen LogP contribution in [0.25, 0.3) is 0 Å². The Balaban J connectivity index is 1.70. The van der Waals surface area contributed by atoms with Crippen molar-refractivity contribution in [3.8, 4) is 11.5 Å². The summed E-state index contributed by atoms with van der Waals surface area (Å²) in [6, 6.07) is 9.06. The number of aromatic nitrogens is 2. The summed E-state index contributed by atoms with van der Waals surface area (Å²) >= 11 is 5.66. The van der Waals surface area contributed by atoms with Gasteiger partial charge in [-0.15, -0.1) is 0 Å². The van der Waals surface area contributed by atoms with Crippen molar-refractivity contribution >= 4 is 34.6 Å². The highest BCUT2D eigenvalue weighted by molar-refractivity contribution is 6.31. The zero-order valence-electron chi connectivity index (χ0n) is 17.3. The highest BCUT2D eigenvalue weighted by Gasteiger charge is 2.33. The van der Waals surface area contributed by atoms with Crippen LogP contribution in [-0.4, -0.2) is 30.7 Å². The summed E-state index contributed by atoms with van der Waals surface area (Å²) in [6.07, 6.45) is -2.68. The number of nitrogens with zero attached hydrogens (tertiary/aromatic N) is 2. The van der Waals surface area contributed by atoms with Gasteiger partial charge >= 0.3 is 6.18 Å². The number of anilines is 4. The molecule has 0 bridgehead atoms. The van der Waals surface area contributed by atoms with Gasteiger partial charge in [0.05, 0.1) is 24.8 Å². The highest BCUT2D eigenvalue weighted by Crippen LogP contribution is 2.37. The number of nitrogen functional groups attached to an aromatic ring is 1. The molecule has 0 fully saturated rings. The summed E-state index contributed by atoms with van der Waals surface area (Å²) < 4.78 is 49.8. The fourth-order valence-electron chi connectivity index (χ4n) is 2.95. The van der Waals surface area contributed by atoms with E-state index >= 15 is 0 Å². The van der Waals surface area contributed by atoms with Gasteiger partial charge in [-0.05, 0) is 42.3 Å². The second-order valence-electron chi connectivity index (χ2n) is 6.67. The maximum Gasteiger partial charge on any atom is 0.417 e. The standard InChI is InChI=1S/C21H21ClF3N5O2/c1-31-16-6-3-12(9-17(16)32-2)7-8-27-19-18(26)20(29-11-28-19)30-13-4-5-15(22)14(10-13)21(23,24)25/h3-6,9-11H,7-8,26H2,1-2H3,(H2,27,28,29,30). The smallest absolute Gasteiger partial charge is 0.417 e. The Morgan fingerprint density at radius 3 is 2.41 bits per heavy atom. The lowest BCUT2D eigenvalue weighted by molar-refractivity contribution is -0.137. The van der Waals surface area contributed by atoms with Gasteiger partial charge in [0.15, 0.2) is 23.1 Å². The summed E-state index contributed by atoms with van der Waals surface area (Å²) in [5.74, 6) is 1.78. The normalized spacial score (nSPS) is 11.2. The van der Waals surface area contributed by atoms with E-state index in [0.717, 1.165) is 17.7 Å². The van der Waals surface area contributed by atoms with Crippen LogP contribution >= 0.6 is 11.6 Å². The molecule has 170 valence electrons. The molecule has 1 aromatic heterocycles. The second-order valence-corrected chi connectivity index (χ2v) is 7.08. The molecular formula is C21H21ClF3N5O2. The van der Waals surface area contributed by atoms with Gasteiger partial charge in [0.25, 0.3) is 0 Å². The van der Waals surface area contributed by atoms with Crippen molar-refractivity contribution in [2.75, 3.05) is 37.1 Å². The first-order valence-electron chi connectivity index (χ1n) is 9.42. The molecule has 0 saturated heterocycles. The van der Waals surface area contributed by atoms with Crippen molar-refractivity contribution < 1.29 is 22.6 Å². The van der Waals surface area contributed by atoms with Crippen LogP contribution in [0, 0.1) is 0 Å². The predicted molar refractivity (Wildman–Crippen MR) is 118 cm³/mol.